The van der Waals surface area contributed by atoms with E-state index in [1.165, 1.54) is 6.42 Å². The fourth-order valence-corrected chi connectivity index (χ4v) is 2.68. The van der Waals surface area contributed by atoms with Gasteiger partial charge in [0.1, 0.15) is 0 Å². The zero-order valence-electron chi connectivity index (χ0n) is 12.6. The standard InChI is InChI=1S/C18H23NO2/c1-2-15-9-11-19(12-10-15)18(21)17-8-5-7-16(14-17)6-3-4-13-20/h5,7-8,14-15,20H,2,4,9-13H2,1H3. The van der Waals surface area contributed by atoms with Crippen molar-refractivity contribution in [2.75, 3.05) is 19.7 Å². The van der Waals surface area contributed by atoms with E-state index in [-0.39, 0.29) is 12.5 Å². The molecular formula is C18H23NO2. The van der Waals surface area contributed by atoms with Gasteiger partial charge in [0, 0.05) is 30.6 Å². The molecule has 0 aliphatic carbocycles. The molecule has 2 rings (SSSR count). The summed E-state index contributed by atoms with van der Waals surface area (Å²) >= 11 is 0. The lowest BCUT2D eigenvalue weighted by atomic mass is 9.94. The van der Waals surface area contributed by atoms with E-state index >= 15 is 0 Å². The number of benzene rings is 1. The Morgan fingerprint density at radius 3 is 2.81 bits per heavy atom. The van der Waals surface area contributed by atoms with E-state index < -0.39 is 0 Å². The van der Waals surface area contributed by atoms with Gasteiger partial charge in [-0.2, -0.15) is 0 Å². The number of rotatable bonds is 3. The third-order valence-corrected chi connectivity index (χ3v) is 4.06. The molecule has 3 heteroatoms. The first-order valence-electron chi connectivity index (χ1n) is 7.73. The van der Waals surface area contributed by atoms with Crippen LogP contribution < -0.4 is 0 Å². The number of hydrogen-bond acceptors (Lipinski definition) is 2. The molecule has 21 heavy (non-hydrogen) atoms. The molecule has 0 saturated carbocycles. The van der Waals surface area contributed by atoms with Crippen LogP contribution in [0.4, 0.5) is 0 Å². The zero-order valence-corrected chi connectivity index (χ0v) is 12.6. The molecule has 0 aromatic heterocycles. The van der Waals surface area contributed by atoms with Crippen molar-refractivity contribution in [3.8, 4) is 11.8 Å². The molecule has 1 heterocycles. The van der Waals surface area contributed by atoms with Crippen molar-refractivity contribution >= 4 is 5.91 Å². The average molecular weight is 285 g/mol. The molecule has 0 atom stereocenters. The fraction of sp³-hybridized carbons (Fsp3) is 0.500. The number of hydrogen-bond donors (Lipinski definition) is 1. The number of aliphatic hydroxyl groups is 1. The third-order valence-electron chi connectivity index (χ3n) is 4.06. The van der Waals surface area contributed by atoms with Crippen LogP contribution >= 0.6 is 0 Å². The van der Waals surface area contributed by atoms with Crippen molar-refractivity contribution in [3.63, 3.8) is 0 Å². The van der Waals surface area contributed by atoms with Crippen LogP contribution in [0.25, 0.3) is 0 Å². The van der Waals surface area contributed by atoms with Gasteiger partial charge in [-0.1, -0.05) is 31.3 Å². The lowest BCUT2D eigenvalue weighted by Crippen LogP contribution is -2.38. The van der Waals surface area contributed by atoms with Gasteiger partial charge in [0.25, 0.3) is 5.91 Å². The van der Waals surface area contributed by atoms with E-state index in [9.17, 15) is 4.79 Å². The number of carbonyl (C=O) groups excluding carboxylic acids is 1. The normalized spacial score (nSPS) is 15.4. The van der Waals surface area contributed by atoms with E-state index in [1.54, 1.807) is 0 Å². The van der Waals surface area contributed by atoms with Gasteiger partial charge in [0.05, 0.1) is 6.61 Å². The van der Waals surface area contributed by atoms with Crippen molar-refractivity contribution in [2.45, 2.75) is 32.6 Å². The minimum absolute atomic E-state index is 0.0675. The second-order valence-electron chi connectivity index (χ2n) is 5.50. The van der Waals surface area contributed by atoms with Gasteiger partial charge >= 0.3 is 0 Å². The van der Waals surface area contributed by atoms with E-state index in [2.05, 4.69) is 18.8 Å². The first-order chi connectivity index (χ1) is 10.2. The van der Waals surface area contributed by atoms with Crippen molar-refractivity contribution in [1.29, 1.82) is 0 Å². The van der Waals surface area contributed by atoms with Crippen LogP contribution in [0.15, 0.2) is 24.3 Å². The van der Waals surface area contributed by atoms with Crippen molar-refractivity contribution in [2.24, 2.45) is 5.92 Å². The summed E-state index contributed by atoms with van der Waals surface area (Å²) in [6.07, 6.45) is 3.89. The molecule has 1 amide bonds. The van der Waals surface area contributed by atoms with E-state index in [4.69, 9.17) is 5.11 Å². The van der Waals surface area contributed by atoms with E-state index in [0.29, 0.717) is 12.0 Å². The van der Waals surface area contributed by atoms with Crippen LogP contribution in [0.5, 0.6) is 0 Å². The highest BCUT2D eigenvalue weighted by molar-refractivity contribution is 5.94. The Hall–Kier alpha value is -1.79. The summed E-state index contributed by atoms with van der Waals surface area (Å²) in [7, 11) is 0. The summed E-state index contributed by atoms with van der Waals surface area (Å²) < 4.78 is 0. The number of piperidine rings is 1. The zero-order chi connectivity index (χ0) is 15.1. The molecule has 1 aromatic rings. The Morgan fingerprint density at radius 1 is 1.38 bits per heavy atom. The Labute approximate surface area is 127 Å². The summed E-state index contributed by atoms with van der Waals surface area (Å²) in [4.78, 5) is 14.5. The Morgan fingerprint density at radius 2 is 2.14 bits per heavy atom. The number of likely N-dealkylation sites (tertiary alicyclic amines) is 1. The Bertz CT molecular complexity index is 534. The quantitative estimate of drug-likeness (QED) is 0.867. The molecule has 112 valence electrons. The van der Waals surface area contributed by atoms with Crippen LogP contribution in [0.1, 0.15) is 48.5 Å². The smallest absolute Gasteiger partial charge is 0.253 e. The minimum Gasteiger partial charge on any atom is -0.395 e. The summed E-state index contributed by atoms with van der Waals surface area (Å²) in [5, 5.41) is 8.74. The van der Waals surface area contributed by atoms with E-state index in [1.807, 2.05) is 29.2 Å². The summed E-state index contributed by atoms with van der Waals surface area (Å²) in [5.74, 6) is 6.74. The predicted molar refractivity (Wildman–Crippen MR) is 83.9 cm³/mol. The summed E-state index contributed by atoms with van der Waals surface area (Å²) in [6.45, 7) is 4.00. The van der Waals surface area contributed by atoms with Gasteiger partial charge in [0.15, 0.2) is 0 Å². The molecule has 0 bridgehead atoms. The van der Waals surface area contributed by atoms with E-state index in [0.717, 1.165) is 37.4 Å². The second-order valence-corrected chi connectivity index (χ2v) is 5.50. The van der Waals surface area contributed by atoms with Crippen molar-refractivity contribution in [1.82, 2.24) is 4.90 Å². The number of aliphatic hydroxyl groups excluding tert-OH is 1. The van der Waals surface area contributed by atoms with Gasteiger partial charge in [0.2, 0.25) is 0 Å². The first kappa shape index (κ1) is 15.6. The maximum Gasteiger partial charge on any atom is 0.253 e. The molecule has 1 saturated heterocycles. The van der Waals surface area contributed by atoms with Gasteiger partial charge < -0.3 is 10.0 Å². The molecule has 0 unspecified atom stereocenters. The SMILES string of the molecule is CCC1CCN(C(=O)c2cccc(C#CCCO)c2)CC1. The Balaban J connectivity index is 2.03. The van der Waals surface area contributed by atoms with Crippen LogP contribution in [-0.4, -0.2) is 35.6 Å². The molecule has 1 aliphatic rings. The maximum atomic E-state index is 12.5. The molecular weight excluding hydrogens is 262 g/mol. The number of carbonyl (C=O) groups is 1. The summed E-state index contributed by atoms with van der Waals surface area (Å²) in [6, 6.07) is 7.46. The van der Waals surface area contributed by atoms with Crippen molar-refractivity contribution < 1.29 is 9.90 Å². The van der Waals surface area contributed by atoms with Gasteiger partial charge in [-0.25, -0.2) is 0 Å². The fourth-order valence-electron chi connectivity index (χ4n) is 2.68. The lowest BCUT2D eigenvalue weighted by Gasteiger charge is -2.31. The third kappa shape index (κ3) is 4.34. The molecule has 0 spiro atoms. The Kier molecular flexibility index (Phi) is 5.83. The largest absolute Gasteiger partial charge is 0.395 e. The average Bonchev–Trinajstić information content (AvgIpc) is 2.55. The highest BCUT2D eigenvalue weighted by Gasteiger charge is 2.22. The number of nitrogens with zero attached hydrogens (tertiary/aromatic N) is 1. The molecule has 3 nitrogen and oxygen atoms in total. The highest BCUT2D eigenvalue weighted by Crippen LogP contribution is 2.21. The van der Waals surface area contributed by atoms with Gasteiger partial charge in [-0.15, -0.1) is 0 Å². The predicted octanol–water partition coefficient (Wildman–Crippen LogP) is 2.68. The monoisotopic (exact) mass is 285 g/mol. The van der Waals surface area contributed by atoms with Crippen LogP contribution in [0.3, 0.4) is 0 Å². The van der Waals surface area contributed by atoms with Crippen LogP contribution in [0.2, 0.25) is 0 Å². The van der Waals surface area contributed by atoms with Crippen molar-refractivity contribution in [3.05, 3.63) is 35.4 Å². The first-order valence-corrected chi connectivity index (χ1v) is 7.73. The molecule has 0 radical (unpaired) electrons. The van der Waals surface area contributed by atoms with Gasteiger partial charge in [-0.3, -0.25) is 4.79 Å². The number of amides is 1. The topological polar surface area (TPSA) is 40.5 Å². The van der Waals surface area contributed by atoms with Crippen LogP contribution in [0, 0.1) is 17.8 Å². The minimum atomic E-state index is 0.0675. The lowest BCUT2D eigenvalue weighted by molar-refractivity contribution is 0.0689. The summed E-state index contributed by atoms with van der Waals surface area (Å²) in [5.41, 5.74) is 1.54. The maximum absolute atomic E-state index is 12.5. The van der Waals surface area contributed by atoms with Gasteiger partial charge in [-0.05, 0) is 37.0 Å². The molecule has 1 aliphatic heterocycles. The highest BCUT2D eigenvalue weighted by atomic mass is 16.2. The molecule has 1 fully saturated rings. The van der Waals surface area contributed by atoms with Crippen LogP contribution in [-0.2, 0) is 0 Å². The molecule has 1 aromatic carbocycles. The molecule has 1 N–H and O–H groups in total. The second kappa shape index (κ2) is 7.85.